The van der Waals surface area contributed by atoms with Crippen molar-refractivity contribution in [2.45, 2.75) is 64.5 Å². The number of anilines is 1. The summed E-state index contributed by atoms with van der Waals surface area (Å²) in [6.07, 6.45) is 8.18. The van der Waals surface area contributed by atoms with Crippen LogP contribution in [0.1, 0.15) is 58.9 Å². The number of carboxylic acids is 1. The van der Waals surface area contributed by atoms with Gasteiger partial charge in [-0.05, 0) is 24.5 Å². The Kier molecular flexibility index (Phi) is 12.5. The Morgan fingerprint density at radius 1 is 1.13 bits per heavy atom. The Morgan fingerprint density at radius 3 is 2.30 bits per heavy atom. The first-order chi connectivity index (χ1) is 10.6. The zero-order valence-electron chi connectivity index (χ0n) is 15.8. The van der Waals surface area contributed by atoms with Crippen LogP contribution >= 0.6 is 0 Å². The zero-order valence-corrected chi connectivity index (χ0v) is 16.8. The summed E-state index contributed by atoms with van der Waals surface area (Å²) >= 11 is 0. The number of carboxylic acid groups (broad SMARTS) is 1. The van der Waals surface area contributed by atoms with Crippen LogP contribution in [0, 0.1) is 0 Å². The van der Waals surface area contributed by atoms with Gasteiger partial charge in [0.05, 0.1) is 0 Å². The molecule has 0 aliphatic rings. The standard InChI is InChI=1S/C18H29NO3.Na.H/c1-3-4-5-6-7-8-9-12-15-13-10-11-14-16(15)19(2)17(20)18(21)22;;/h10-11,13-14,17,20H,3-9,12H2,1-2H3,(H,21,22);;/q;+1;-1. The van der Waals surface area contributed by atoms with Crippen LogP contribution in [0.2, 0.25) is 0 Å². The van der Waals surface area contributed by atoms with Crippen LogP contribution in [0.4, 0.5) is 5.69 Å². The normalized spacial score (nSPS) is 11.6. The van der Waals surface area contributed by atoms with Gasteiger partial charge in [0.15, 0.2) is 0 Å². The topological polar surface area (TPSA) is 60.8 Å². The average molecular weight is 331 g/mol. The third-order valence-corrected chi connectivity index (χ3v) is 4.01. The predicted octanol–water partition coefficient (Wildman–Crippen LogP) is 0.935. The maximum Gasteiger partial charge on any atom is 1.00 e. The molecule has 2 N–H and O–H groups in total. The summed E-state index contributed by atoms with van der Waals surface area (Å²) in [6, 6.07) is 7.70. The van der Waals surface area contributed by atoms with Gasteiger partial charge >= 0.3 is 35.5 Å². The van der Waals surface area contributed by atoms with E-state index in [2.05, 4.69) is 6.92 Å². The molecule has 1 aromatic carbocycles. The second-order valence-electron chi connectivity index (χ2n) is 5.82. The molecule has 5 heteroatoms. The van der Waals surface area contributed by atoms with Gasteiger partial charge in [-0.15, -0.1) is 0 Å². The monoisotopic (exact) mass is 331 g/mol. The van der Waals surface area contributed by atoms with Crippen LogP contribution in [0.3, 0.4) is 0 Å². The Labute approximate surface area is 163 Å². The quantitative estimate of drug-likeness (QED) is 0.360. The van der Waals surface area contributed by atoms with Gasteiger partial charge in [-0.25, -0.2) is 4.79 Å². The SMILES string of the molecule is CCCCCCCCCc1ccccc1N(C)C(O)C(=O)O.[H-].[Na+]. The van der Waals surface area contributed by atoms with E-state index in [1.54, 1.807) is 7.05 Å². The molecule has 0 fully saturated rings. The van der Waals surface area contributed by atoms with Gasteiger partial charge in [0.25, 0.3) is 0 Å². The molecule has 1 unspecified atom stereocenters. The molecule has 23 heavy (non-hydrogen) atoms. The molecule has 1 atom stereocenters. The number of hydrogen-bond acceptors (Lipinski definition) is 3. The van der Waals surface area contributed by atoms with Crippen molar-refractivity contribution in [3.05, 3.63) is 29.8 Å². The fourth-order valence-electron chi connectivity index (χ4n) is 2.64. The Morgan fingerprint density at radius 2 is 1.70 bits per heavy atom. The first-order valence-electron chi connectivity index (χ1n) is 8.29. The second-order valence-corrected chi connectivity index (χ2v) is 5.82. The number of carbonyl (C=O) groups is 1. The molecule has 0 aliphatic carbocycles. The molecular weight excluding hydrogens is 301 g/mol. The van der Waals surface area contributed by atoms with Crippen LogP contribution in [-0.2, 0) is 11.2 Å². The van der Waals surface area contributed by atoms with Gasteiger partial charge in [-0.3, -0.25) is 0 Å². The van der Waals surface area contributed by atoms with E-state index in [0.29, 0.717) is 0 Å². The smallest absolute Gasteiger partial charge is 1.00 e. The van der Waals surface area contributed by atoms with Crippen LogP contribution in [-0.4, -0.2) is 29.5 Å². The number of para-hydroxylation sites is 1. The summed E-state index contributed by atoms with van der Waals surface area (Å²) in [7, 11) is 1.61. The first-order valence-corrected chi connectivity index (χ1v) is 8.29. The number of rotatable bonds is 11. The summed E-state index contributed by atoms with van der Waals surface area (Å²) in [5, 5.41) is 18.6. The number of hydrogen-bond donors (Lipinski definition) is 2. The minimum atomic E-state index is -1.50. The van der Waals surface area contributed by atoms with E-state index in [-0.39, 0.29) is 31.0 Å². The number of aliphatic carboxylic acids is 1. The van der Waals surface area contributed by atoms with Crippen LogP contribution in [0.25, 0.3) is 0 Å². The summed E-state index contributed by atoms with van der Waals surface area (Å²) in [5.74, 6) is -1.23. The molecule has 126 valence electrons. The van der Waals surface area contributed by atoms with Crippen LogP contribution in [0.5, 0.6) is 0 Å². The first kappa shape index (κ1) is 22.4. The molecule has 1 aromatic rings. The molecule has 0 heterocycles. The maximum absolute atomic E-state index is 10.9. The van der Waals surface area contributed by atoms with E-state index in [9.17, 15) is 9.90 Å². The van der Waals surface area contributed by atoms with E-state index in [4.69, 9.17) is 5.11 Å². The average Bonchev–Trinajstić information content (AvgIpc) is 2.53. The second kappa shape index (κ2) is 12.8. The van der Waals surface area contributed by atoms with E-state index in [1.807, 2.05) is 24.3 Å². The van der Waals surface area contributed by atoms with Gasteiger partial charge in [0, 0.05) is 12.7 Å². The molecule has 0 spiro atoms. The Balaban J connectivity index is 0. The summed E-state index contributed by atoms with van der Waals surface area (Å²) < 4.78 is 0. The molecule has 0 saturated carbocycles. The van der Waals surface area contributed by atoms with Crippen molar-refractivity contribution in [1.82, 2.24) is 0 Å². The van der Waals surface area contributed by atoms with Crippen molar-refractivity contribution in [3.63, 3.8) is 0 Å². The molecule has 4 nitrogen and oxygen atoms in total. The zero-order chi connectivity index (χ0) is 16.4. The van der Waals surface area contributed by atoms with Gasteiger partial charge in [0.2, 0.25) is 6.23 Å². The number of unbranched alkanes of at least 4 members (excludes halogenated alkanes) is 6. The van der Waals surface area contributed by atoms with Crippen molar-refractivity contribution >= 4 is 11.7 Å². The third-order valence-electron chi connectivity index (χ3n) is 4.01. The summed E-state index contributed by atoms with van der Waals surface area (Å²) in [5.41, 5.74) is 1.89. The molecule has 1 rings (SSSR count). The van der Waals surface area contributed by atoms with Gasteiger partial charge in [-0.2, -0.15) is 0 Å². The van der Waals surface area contributed by atoms with Crippen LogP contribution in [0.15, 0.2) is 24.3 Å². The third kappa shape index (κ3) is 8.20. The summed E-state index contributed by atoms with van der Waals surface area (Å²) in [4.78, 5) is 12.3. The molecule has 0 radical (unpaired) electrons. The van der Waals surface area contributed by atoms with E-state index in [1.165, 1.54) is 43.4 Å². The predicted molar refractivity (Wildman–Crippen MR) is 91.3 cm³/mol. The van der Waals surface area contributed by atoms with Gasteiger partial charge < -0.3 is 16.5 Å². The molecule has 0 aromatic heterocycles. The van der Waals surface area contributed by atoms with E-state index in [0.717, 1.165) is 24.1 Å². The Hall–Kier alpha value is -0.550. The maximum atomic E-state index is 10.9. The van der Waals surface area contributed by atoms with E-state index < -0.39 is 12.2 Å². The van der Waals surface area contributed by atoms with Gasteiger partial charge in [0.1, 0.15) is 0 Å². The molecule has 0 aliphatic heterocycles. The van der Waals surface area contributed by atoms with Crippen molar-refractivity contribution in [2.75, 3.05) is 11.9 Å². The van der Waals surface area contributed by atoms with Gasteiger partial charge in [-0.1, -0.05) is 63.6 Å². The fourth-order valence-corrected chi connectivity index (χ4v) is 2.64. The number of aliphatic hydroxyl groups excluding tert-OH is 1. The molecule has 0 bridgehead atoms. The van der Waals surface area contributed by atoms with Crippen molar-refractivity contribution in [1.29, 1.82) is 0 Å². The van der Waals surface area contributed by atoms with Crippen molar-refractivity contribution < 1.29 is 46.0 Å². The van der Waals surface area contributed by atoms with Crippen molar-refractivity contribution in [3.8, 4) is 0 Å². The number of aryl methyl sites for hydroxylation is 1. The Bertz CT molecular complexity index is 460. The minimum Gasteiger partial charge on any atom is -1.00 e. The van der Waals surface area contributed by atoms with Crippen molar-refractivity contribution in [2.24, 2.45) is 0 Å². The molecule has 0 saturated heterocycles. The fraction of sp³-hybridized carbons (Fsp3) is 0.611. The number of nitrogens with zero attached hydrogens (tertiary/aromatic N) is 1. The number of benzene rings is 1. The molecular formula is C18H30NNaO3. The largest absolute Gasteiger partial charge is 1.00 e. The minimum absolute atomic E-state index is 0. The number of likely N-dealkylation sites (N-methyl/N-ethyl adjacent to an activating group) is 1. The number of aliphatic hydroxyl groups is 1. The van der Waals surface area contributed by atoms with E-state index >= 15 is 0 Å². The summed E-state index contributed by atoms with van der Waals surface area (Å²) in [6.45, 7) is 2.22. The molecule has 0 amide bonds. The van der Waals surface area contributed by atoms with Crippen LogP contribution < -0.4 is 34.5 Å².